The van der Waals surface area contributed by atoms with Crippen molar-refractivity contribution in [2.75, 3.05) is 21.2 Å². The molecular formula is C18H28N2O. The summed E-state index contributed by atoms with van der Waals surface area (Å²) in [4.78, 5) is 2.65. The average Bonchev–Trinajstić information content (AvgIpc) is 2.92. The Labute approximate surface area is 128 Å². The highest BCUT2D eigenvalue weighted by atomic mass is 16.5. The maximum atomic E-state index is 5.40. The van der Waals surface area contributed by atoms with Crippen LogP contribution in [0.25, 0.3) is 0 Å². The standard InChI is InChI=1S/C18H28N2O/c1-19-18-16-12-15(21-3)10-9-13(16)11-17(18)20(2)14-7-5-4-6-8-14/h9-10,12,14,17-19H,4-8,11H2,1-3H3. The minimum absolute atomic E-state index is 0.419. The van der Waals surface area contributed by atoms with Crippen molar-refractivity contribution < 1.29 is 4.74 Å². The number of benzene rings is 1. The summed E-state index contributed by atoms with van der Waals surface area (Å²) in [6.07, 6.45) is 8.09. The van der Waals surface area contributed by atoms with Crippen LogP contribution in [0.15, 0.2) is 18.2 Å². The molecule has 0 amide bonds. The van der Waals surface area contributed by atoms with Gasteiger partial charge in [-0.3, -0.25) is 4.90 Å². The van der Waals surface area contributed by atoms with Crippen LogP contribution >= 0.6 is 0 Å². The van der Waals surface area contributed by atoms with Gasteiger partial charge < -0.3 is 10.1 Å². The first-order valence-corrected chi connectivity index (χ1v) is 8.30. The number of rotatable bonds is 4. The SMILES string of the molecule is CNC1c2cc(OC)ccc2CC1N(C)C1CCCCC1. The second kappa shape index (κ2) is 6.37. The lowest BCUT2D eigenvalue weighted by atomic mass is 9.92. The third-order valence-electron chi connectivity index (χ3n) is 5.49. The fourth-order valence-corrected chi connectivity index (χ4v) is 4.21. The first-order valence-electron chi connectivity index (χ1n) is 8.30. The largest absolute Gasteiger partial charge is 0.497 e. The van der Waals surface area contributed by atoms with Crippen LogP contribution in [-0.4, -0.2) is 38.2 Å². The van der Waals surface area contributed by atoms with E-state index in [2.05, 4.69) is 42.5 Å². The molecule has 1 N–H and O–H groups in total. The summed E-state index contributed by atoms with van der Waals surface area (Å²) in [5, 5.41) is 3.54. The zero-order valence-corrected chi connectivity index (χ0v) is 13.6. The molecule has 2 atom stereocenters. The second-order valence-corrected chi connectivity index (χ2v) is 6.56. The molecular weight excluding hydrogens is 260 g/mol. The number of hydrogen-bond donors (Lipinski definition) is 1. The summed E-state index contributed by atoms with van der Waals surface area (Å²) < 4.78 is 5.40. The van der Waals surface area contributed by atoms with Gasteiger partial charge in [-0.2, -0.15) is 0 Å². The van der Waals surface area contributed by atoms with Crippen molar-refractivity contribution in [1.82, 2.24) is 10.2 Å². The van der Waals surface area contributed by atoms with Crippen LogP contribution in [-0.2, 0) is 6.42 Å². The van der Waals surface area contributed by atoms with E-state index < -0.39 is 0 Å². The van der Waals surface area contributed by atoms with Crippen LogP contribution in [0.5, 0.6) is 5.75 Å². The molecule has 2 unspecified atom stereocenters. The average molecular weight is 288 g/mol. The fourth-order valence-electron chi connectivity index (χ4n) is 4.21. The van der Waals surface area contributed by atoms with Gasteiger partial charge in [-0.1, -0.05) is 25.3 Å². The molecule has 0 bridgehead atoms. The lowest BCUT2D eigenvalue weighted by Crippen LogP contribution is -2.46. The molecule has 0 radical (unpaired) electrons. The molecule has 3 nitrogen and oxygen atoms in total. The highest BCUT2D eigenvalue weighted by Gasteiger charge is 2.36. The van der Waals surface area contributed by atoms with Gasteiger partial charge in [0.05, 0.1) is 7.11 Å². The summed E-state index contributed by atoms with van der Waals surface area (Å²) in [6, 6.07) is 8.30. The Morgan fingerprint density at radius 2 is 1.95 bits per heavy atom. The Kier molecular flexibility index (Phi) is 4.51. The lowest BCUT2D eigenvalue weighted by molar-refractivity contribution is 0.119. The third kappa shape index (κ3) is 2.82. The van der Waals surface area contributed by atoms with Crippen molar-refractivity contribution in [3.05, 3.63) is 29.3 Å². The topological polar surface area (TPSA) is 24.5 Å². The highest BCUT2D eigenvalue weighted by molar-refractivity contribution is 5.42. The molecule has 1 aromatic carbocycles. The number of likely N-dealkylation sites (N-methyl/N-ethyl adjacent to an activating group) is 2. The van der Waals surface area contributed by atoms with E-state index in [-0.39, 0.29) is 0 Å². The lowest BCUT2D eigenvalue weighted by Gasteiger charge is -2.38. The molecule has 21 heavy (non-hydrogen) atoms. The smallest absolute Gasteiger partial charge is 0.119 e. The Hall–Kier alpha value is -1.06. The summed E-state index contributed by atoms with van der Waals surface area (Å²) in [5.74, 6) is 0.968. The van der Waals surface area contributed by atoms with Crippen LogP contribution in [0, 0.1) is 0 Å². The van der Waals surface area contributed by atoms with Crippen LogP contribution in [0.4, 0.5) is 0 Å². The number of methoxy groups -OCH3 is 1. The molecule has 0 aromatic heterocycles. The fraction of sp³-hybridized carbons (Fsp3) is 0.667. The van der Waals surface area contributed by atoms with Gasteiger partial charge in [0, 0.05) is 18.1 Å². The Balaban J connectivity index is 1.81. The monoisotopic (exact) mass is 288 g/mol. The Morgan fingerprint density at radius 1 is 1.19 bits per heavy atom. The number of ether oxygens (including phenoxy) is 1. The highest BCUT2D eigenvalue weighted by Crippen LogP contribution is 2.38. The predicted molar refractivity (Wildman–Crippen MR) is 86.9 cm³/mol. The molecule has 0 aliphatic heterocycles. The van der Waals surface area contributed by atoms with E-state index in [0.717, 1.165) is 18.2 Å². The minimum atomic E-state index is 0.419. The van der Waals surface area contributed by atoms with Gasteiger partial charge in [0.2, 0.25) is 0 Å². The molecule has 3 heteroatoms. The van der Waals surface area contributed by atoms with Crippen molar-refractivity contribution in [2.24, 2.45) is 0 Å². The third-order valence-corrected chi connectivity index (χ3v) is 5.49. The molecule has 1 saturated carbocycles. The van der Waals surface area contributed by atoms with Gasteiger partial charge in [0.25, 0.3) is 0 Å². The first kappa shape index (κ1) is 14.9. The normalized spacial score (nSPS) is 26.1. The van der Waals surface area contributed by atoms with E-state index in [0.29, 0.717) is 12.1 Å². The maximum Gasteiger partial charge on any atom is 0.119 e. The molecule has 3 rings (SSSR count). The van der Waals surface area contributed by atoms with Gasteiger partial charge in [-0.15, -0.1) is 0 Å². The van der Waals surface area contributed by atoms with E-state index in [1.807, 2.05) is 0 Å². The maximum absolute atomic E-state index is 5.40. The van der Waals surface area contributed by atoms with E-state index in [9.17, 15) is 0 Å². The minimum Gasteiger partial charge on any atom is -0.497 e. The summed E-state index contributed by atoms with van der Waals surface area (Å²) in [6.45, 7) is 0. The van der Waals surface area contributed by atoms with E-state index >= 15 is 0 Å². The van der Waals surface area contributed by atoms with Gasteiger partial charge in [0.1, 0.15) is 5.75 Å². The van der Waals surface area contributed by atoms with E-state index in [1.165, 1.54) is 43.2 Å². The number of hydrogen-bond acceptors (Lipinski definition) is 3. The molecule has 1 aromatic rings. The van der Waals surface area contributed by atoms with Crippen LogP contribution < -0.4 is 10.1 Å². The van der Waals surface area contributed by atoms with Gasteiger partial charge in [-0.25, -0.2) is 0 Å². The zero-order valence-electron chi connectivity index (χ0n) is 13.6. The second-order valence-electron chi connectivity index (χ2n) is 6.56. The molecule has 0 heterocycles. The predicted octanol–water partition coefficient (Wildman–Crippen LogP) is 3.14. The first-order chi connectivity index (χ1) is 10.2. The molecule has 116 valence electrons. The molecule has 2 aliphatic carbocycles. The van der Waals surface area contributed by atoms with Crippen molar-refractivity contribution in [3.8, 4) is 5.75 Å². The van der Waals surface area contributed by atoms with Crippen LogP contribution in [0.3, 0.4) is 0 Å². The van der Waals surface area contributed by atoms with Crippen LogP contribution in [0.1, 0.15) is 49.3 Å². The number of nitrogens with one attached hydrogen (secondary N) is 1. The van der Waals surface area contributed by atoms with Crippen molar-refractivity contribution in [3.63, 3.8) is 0 Å². The summed E-state index contributed by atoms with van der Waals surface area (Å²) in [7, 11) is 6.16. The van der Waals surface area contributed by atoms with Gasteiger partial charge >= 0.3 is 0 Å². The van der Waals surface area contributed by atoms with Crippen molar-refractivity contribution in [2.45, 2.75) is 56.7 Å². The van der Waals surface area contributed by atoms with E-state index in [1.54, 1.807) is 7.11 Å². The van der Waals surface area contributed by atoms with Crippen LogP contribution in [0.2, 0.25) is 0 Å². The zero-order chi connectivity index (χ0) is 14.8. The number of nitrogens with zero attached hydrogens (tertiary/aromatic N) is 1. The summed E-state index contributed by atoms with van der Waals surface area (Å²) in [5.41, 5.74) is 2.90. The molecule has 1 fully saturated rings. The Bertz CT molecular complexity index is 482. The molecule has 0 spiro atoms. The van der Waals surface area contributed by atoms with Gasteiger partial charge in [0.15, 0.2) is 0 Å². The number of fused-ring (bicyclic) bond motifs is 1. The Morgan fingerprint density at radius 3 is 2.62 bits per heavy atom. The van der Waals surface area contributed by atoms with E-state index in [4.69, 9.17) is 4.74 Å². The summed E-state index contributed by atoms with van der Waals surface area (Å²) >= 11 is 0. The van der Waals surface area contributed by atoms with Crippen molar-refractivity contribution in [1.29, 1.82) is 0 Å². The molecule has 0 saturated heterocycles. The molecule has 2 aliphatic rings. The van der Waals surface area contributed by atoms with Gasteiger partial charge in [-0.05, 0) is 56.6 Å². The van der Waals surface area contributed by atoms with Crippen molar-refractivity contribution >= 4 is 0 Å². The quantitative estimate of drug-likeness (QED) is 0.921.